The van der Waals surface area contributed by atoms with Gasteiger partial charge in [0.1, 0.15) is 0 Å². The predicted octanol–water partition coefficient (Wildman–Crippen LogP) is 1.53. The molecular weight excluding hydrogens is 162 g/mol. The SMILES string of the molecule is CNCCc1cnn(C(C)C)c1C. The maximum Gasteiger partial charge on any atom is 0.0525 e. The van der Waals surface area contributed by atoms with Crippen molar-refractivity contribution in [2.75, 3.05) is 13.6 Å². The van der Waals surface area contributed by atoms with Crippen LogP contribution >= 0.6 is 0 Å². The average molecular weight is 181 g/mol. The second kappa shape index (κ2) is 4.42. The summed E-state index contributed by atoms with van der Waals surface area (Å²) in [4.78, 5) is 0. The Bertz CT molecular complexity index is 263. The summed E-state index contributed by atoms with van der Waals surface area (Å²) in [6.45, 7) is 7.46. The molecule has 0 amide bonds. The lowest BCUT2D eigenvalue weighted by Crippen LogP contribution is -2.11. The van der Waals surface area contributed by atoms with Gasteiger partial charge in [-0.2, -0.15) is 5.10 Å². The first-order chi connectivity index (χ1) is 6.16. The zero-order chi connectivity index (χ0) is 9.84. The van der Waals surface area contributed by atoms with Crippen LogP contribution in [0.2, 0.25) is 0 Å². The van der Waals surface area contributed by atoms with Crippen LogP contribution in [0, 0.1) is 6.92 Å². The van der Waals surface area contributed by atoms with E-state index < -0.39 is 0 Å². The Morgan fingerprint density at radius 2 is 2.23 bits per heavy atom. The standard InChI is InChI=1S/C10H19N3/c1-8(2)13-9(3)10(7-12-13)5-6-11-4/h7-8,11H,5-6H2,1-4H3. The molecule has 1 rings (SSSR count). The molecule has 3 heteroatoms. The summed E-state index contributed by atoms with van der Waals surface area (Å²) in [5.74, 6) is 0. The quantitative estimate of drug-likeness (QED) is 0.763. The van der Waals surface area contributed by atoms with Crippen molar-refractivity contribution in [2.45, 2.75) is 33.2 Å². The molecule has 0 aromatic carbocycles. The van der Waals surface area contributed by atoms with Gasteiger partial charge in [-0.05, 0) is 46.3 Å². The molecule has 0 atom stereocenters. The third kappa shape index (κ3) is 2.31. The smallest absolute Gasteiger partial charge is 0.0525 e. The molecule has 0 saturated carbocycles. The second-order valence-corrected chi connectivity index (χ2v) is 3.65. The summed E-state index contributed by atoms with van der Waals surface area (Å²) in [5.41, 5.74) is 2.65. The summed E-state index contributed by atoms with van der Waals surface area (Å²) >= 11 is 0. The highest BCUT2D eigenvalue weighted by Gasteiger charge is 2.07. The monoisotopic (exact) mass is 181 g/mol. The van der Waals surface area contributed by atoms with E-state index in [0.717, 1.165) is 13.0 Å². The number of hydrogen-bond acceptors (Lipinski definition) is 2. The number of nitrogens with one attached hydrogen (secondary N) is 1. The van der Waals surface area contributed by atoms with Gasteiger partial charge in [-0.1, -0.05) is 0 Å². The minimum Gasteiger partial charge on any atom is -0.319 e. The maximum absolute atomic E-state index is 4.36. The van der Waals surface area contributed by atoms with Gasteiger partial charge in [-0.25, -0.2) is 0 Å². The fourth-order valence-corrected chi connectivity index (χ4v) is 1.48. The normalized spacial score (nSPS) is 11.2. The minimum absolute atomic E-state index is 0.461. The van der Waals surface area contributed by atoms with E-state index in [-0.39, 0.29) is 0 Å². The van der Waals surface area contributed by atoms with E-state index in [1.165, 1.54) is 11.3 Å². The van der Waals surface area contributed by atoms with Gasteiger partial charge >= 0.3 is 0 Å². The van der Waals surface area contributed by atoms with Crippen LogP contribution in [-0.2, 0) is 6.42 Å². The number of likely N-dealkylation sites (N-methyl/N-ethyl adjacent to an activating group) is 1. The Balaban J connectivity index is 2.74. The number of aromatic nitrogens is 2. The lowest BCUT2D eigenvalue weighted by atomic mass is 10.2. The van der Waals surface area contributed by atoms with Crippen LogP contribution in [0.1, 0.15) is 31.1 Å². The Labute approximate surface area is 80.1 Å². The molecule has 3 nitrogen and oxygen atoms in total. The highest BCUT2D eigenvalue weighted by Crippen LogP contribution is 2.12. The van der Waals surface area contributed by atoms with Gasteiger partial charge in [0.25, 0.3) is 0 Å². The molecule has 0 bridgehead atoms. The van der Waals surface area contributed by atoms with Crippen LogP contribution in [0.3, 0.4) is 0 Å². The summed E-state index contributed by atoms with van der Waals surface area (Å²) in [6.07, 6.45) is 3.04. The van der Waals surface area contributed by atoms with E-state index in [2.05, 4.69) is 35.9 Å². The average Bonchev–Trinajstić information content (AvgIpc) is 2.43. The van der Waals surface area contributed by atoms with E-state index in [1.807, 2.05) is 13.2 Å². The van der Waals surface area contributed by atoms with Crippen LogP contribution in [0.5, 0.6) is 0 Å². The van der Waals surface area contributed by atoms with Gasteiger partial charge in [-0.3, -0.25) is 4.68 Å². The molecule has 74 valence electrons. The molecular formula is C10H19N3. The largest absolute Gasteiger partial charge is 0.319 e. The van der Waals surface area contributed by atoms with Crippen LogP contribution in [0.25, 0.3) is 0 Å². The molecule has 1 N–H and O–H groups in total. The Morgan fingerprint density at radius 1 is 1.54 bits per heavy atom. The van der Waals surface area contributed by atoms with Gasteiger partial charge in [0.2, 0.25) is 0 Å². The van der Waals surface area contributed by atoms with Crippen LogP contribution < -0.4 is 5.32 Å². The fraction of sp³-hybridized carbons (Fsp3) is 0.700. The minimum atomic E-state index is 0.461. The van der Waals surface area contributed by atoms with E-state index in [1.54, 1.807) is 0 Å². The predicted molar refractivity (Wildman–Crippen MR) is 55.0 cm³/mol. The maximum atomic E-state index is 4.36. The molecule has 0 fully saturated rings. The highest BCUT2D eigenvalue weighted by molar-refractivity contribution is 5.16. The van der Waals surface area contributed by atoms with Crippen LogP contribution in [0.4, 0.5) is 0 Å². The van der Waals surface area contributed by atoms with Crippen molar-refractivity contribution in [3.8, 4) is 0 Å². The van der Waals surface area contributed by atoms with Gasteiger partial charge in [0, 0.05) is 11.7 Å². The van der Waals surface area contributed by atoms with Crippen molar-refractivity contribution in [1.29, 1.82) is 0 Å². The molecule has 0 radical (unpaired) electrons. The first kappa shape index (κ1) is 10.3. The fourth-order valence-electron chi connectivity index (χ4n) is 1.48. The molecule has 13 heavy (non-hydrogen) atoms. The number of rotatable bonds is 4. The van der Waals surface area contributed by atoms with E-state index in [9.17, 15) is 0 Å². The van der Waals surface area contributed by atoms with Crippen molar-refractivity contribution < 1.29 is 0 Å². The molecule has 0 unspecified atom stereocenters. The van der Waals surface area contributed by atoms with Gasteiger partial charge in [-0.15, -0.1) is 0 Å². The van der Waals surface area contributed by atoms with Crippen molar-refractivity contribution in [3.63, 3.8) is 0 Å². The molecule has 1 aromatic rings. The lowest BCUT2D eigenvalue weighted by molar-refractivity contribution is 0.518. The van der Waals surface area contributed by atoms with Crippen molar-refractivity contribution in [2.24, 2.45) is 0 Å². The van der Waals surface area contributed by atoms with Gasteiger partial charge in [0.05, 0.1) is 6.20 Å². The van der Waals surface area contributed by atoms with E-state index >= 15 is 0 Å². The van der Waals surface area contributed by atoms with E-state index in [0.29, 0.717) is 6.04 Å². The zero-order valence-electron chi connectivity index (χ0n) is 8.96. The zero-order valence-corrected chi connectivity index (χ0v) is 8.96. The molecule has 0 spiro atoms. The lowest BCUT2D eigenvalue weighted by Gasteiger charge is -2.08. The Kier molecular flexibility index (Phi) is 3.48. The van der Waals surface area contributed by atoms with Crippen molar-refractivity contribution in [3.05, 3.63) is 17.5 Å². The van der Waals surface area contributed by atoms with Crippen LogP contribution in [0.15, 0.2) is 6.20 Å². The summed E-state index contributed by atoms with van der Waals surface area (Å²) in [7, 11) is 1.97. The molecule has 1 aromatic heterocycles. The molecule has 1 heterocycles. The first-order valence-corrected chi connectivity index (χ1v) is 4.84. The van der Waals surface area contributed by atoms with Gasteiger partial charge in [0.15, 0.2) is 0 Å². The first-order valence-electron chi connectivity index (χ1n) is 4.84. The summed E-state index contributed by atoms with van der Waals surface area (Å²) in [6, 6.07) is 0.461. The van der Waals surface area contributed by atoms with Gasteiger partial charge < -0.3 is 5.32 Å². The number of hydrogen-bond donors (Lipinski definition) is 1. The molecule has 0 aliphatic carbocycles. The second-order valence-electron chi connectivity index (χ2n) is 3.65. The summed E-state index contributed by atoms with van der Waals surface area (Å²) in [5, 5.41) is 7.50. The highest BCUT2D eigenvalue weighted by atomic mass is 15.3. The Hall–Kier alpha value is -0.830. The molecule has 0 aliphatic rings. The third-order valence-corrected chi connectivity index (χ3v) is 2.28. The van der Waals surface area contributed by atoms with Crippen molar-refractivity contribution in [1.82, 2.24) is 15.1 Å². The topological polar surface area (TPSA) is 29.9 Å². The van der Waals surface area contributed by atoms with Crippen molar-refractivity contribution >= 4 is 0 Å². The Morgan fingerprint density at radius 3 is 2.69 bits per heavy atom. The van der Waals surface area contributed by atoms with Crippen LogP contribution in [-0.4, -0.2) is 23.4 Å². The molecule has 0 saturated heterocycles. The van der Waals surface area contributed by atoms with E-state index in [4.69, 9.17) is 0 Å². The third-order valence-electron chi connectivity index (χ3n) is 2.28. The molecule has 0 aliphatic heterocycles. The number of nitrogens with zero attached hydrogens (tertiary/aromatic N) is 2. The summed E-state index contributed by atoms with van der Waals surface area (Å²) < 4.78 is 2.07.